The number of hydrazone groups is 1. The minimum atomic E-state index is -0.506. The molecule has 1 N–H and O–H groups in total. The molecule has 31 heavy (non-hydrogen) atoms. The molecule has 0 amide bonds. The van der Waals surface area contributed by atoms with E-state index < -0.39 is 5.97 Å². The average molecular weight is 468 g/mol. The van der Waals surface area contributed by atoms with E-state index in [0.717, 1.165) is 16.8 Å². The number of aromatic nitrogens is 1. The monoisotopic (exact) mass is 467 g/mol. The number of nitrogens with zero attached hydrogens (tertiary/aromatic N) is 2. The maximum Gasteiger partial charge on any atom is 0.345 e. The van der Waals surface area contributed by atoms with Crippen LogP contribution < -0.4 is 10.2 Å². The van der Waals surface area contributed by atoms with Gasteiger partial charge in [0.2, 0.25) is 5.13 Å². The Morgan fingerprint density at radius 1 is 1.00 bits per heavy atom. The van der Waals surface area contributed by atoms with Crippen LogP contribution in [0.4, 0.5) is 5.13 Å². The summed E-state index contributed by atoms with van der Waals surface area (Å²) in [6.45, 7) is 0. The number of hydrogen-bond acceptors (Lipinski definition) is 6. The lowest BCUT2D eigenvalue weighted by atomic mass is 10.2. The first kappa shape index (κ1) is 21.1. The number of anilines is 1. The van der Waals surface area contributed by atoms with Crippen LogP contribution in [0.2, 0.25) is 10.0 Å². The quantitative estimate of drug-likeness (QED) is 0.147. The molecule has 0 bridgehead atoms. The second-order valence-electron chi connectivity index (χ2n) is 6.35. The molecule has 0 spiro atoms. The molecule has 4 rings (SSSR count). The van der Waals surface area contributed by atoms with Gasteiger partial charge in [-0.2, -0.15) is 5.10 Å². The molecule has 8 heteroatoms. The molecule has 0 atom stereocenters. The first-order valence-electron chi connectivity index (χ1n) is 9.16. The lowest BCUT2D eigenvalue weighted by Crippen LogP contribution is -2.08. The minimum Gasteiger partial charge on any atom is -0.423 e. The Labute approximate surface area is 192 Å². The molecule has 0 unspecified atom stereocenters. The predicted octanol–water partition coefficient (Wildman–Crippen LogP) is 6.78. The van der Waals surface area contributed by atoms with Crippen LogP contribution in [0.25, 0.3) is 11.3 Å². The summed E-state index contributed by atoms with van der Waals surface area (Å²) in [6, 6.07) is 21.2. The molecule has 1 heterocycles. The summed E-state index contributed by atoms with van der Waals surface area (Å²) < 4.78 is 5.36. The van der Waals surface area contributed by atoms with Gasteiger partial charge in [-0.05, 0) is 54.1 Å². The van der Waals surface area contributed by atoms with Crippen molar-refractivity contribution in [3.63, 3.8) is 0 Å². The number of carbonyl (C=O) groups is 1. The molecule has 0 aliphatic carbocycles. The van der Waals surface area contributed by atoms with Crippen LogP contribution in [0.5, 0.6) is 5.75 Å². The highest BCUT2D eigenvalue weighted by Gasteiger charge is 2.12. The van der Waals surface area contributed by atoms with Crippen molar-refractivity contribution in [2.24, 2.45) is 5.10 Å². The number of halogens is 2. The van der Waals surface area contributed by atoms with Crippen LogP contribution in [0.1, 0.15) is 15.9 Å². The van der Waals surface area contributed by atoms with Crippen LogP contribution in [0.15, 0.2) is 83.3 Å². The van der Waals surface area contributed by atoms with Crippen LogP contribution in [-0.2, 0) is 0 Å². The molecular weight excluding hydrogens is 453 g/mol. The highest BCUT2D eigenvalue weighted by atomic mass is 35.5. The second kappa shape index (κ2) is 9.75. The van der Waals surface area contributed by atoms with E-state index in [1.54, 1.807) is 54.7 Å². The molecule has 0 aliphatic heterocycles. The highest BCUT2D eigenvalue weighted by Crippen LogP contribution is 2.26. The number of thiazole rings is 1. The van der Waals surface area contributed by atoms with Crippen molar-refractivity contribution in [2.75, 3.05) is 5.43 Å². The van der Waals surface area contributed by atoms with E-state index in [1.165, 1.54) is 11.3 Å². The molecule has 154 valence electrons. The van der Waals surface area contributed by atoms with Gasteiger partial charge in [0.05, 0.1) is 22.5 Å². The number of ether oxygens (including phenoxy) is 1. The molecule has 1 aromatic heterocycles. The van der Waals surface area contributed by atoms with Crippen LogP contribution in [-0.4, -0.2) is 17.2 Å². The molecule has 0 fully saturated rings. The Balaban J connectivity index is 1.34. The van der Waals surface area contributed by atoms with Gasteiger partial charge in [0.1, 0.15) is 5.75 Å². The van der Waals surface area contributed by atoms with Gasteiger partial charge in [-0.25, -0.2) is 9.78 Å². The number of nitrogens with one attached hydrogen (secondary N) is 1. The molecule has 0 radical (unpaired) electrons. The summed E-state index contributed by atoms with van der Waals surface area (Å²) in [6.07, 6.45) is 1.66. The zero-order valence-electron chi connectivity index (χ0n) is 16.0. The van der Waals surface area contributed by atoms with Gasteiger partial charge in [0.25, 0.3) is 0 Å². The van der Waals surface area contributed by atoms with E-state index in [1.807, 2.05) is 29.6 Å². The van der Waals surface area contributed by atoms with Crippen LogP contribution in [0, 0.1) is 0 Å². The molecule has 0 saturated carbocycles. The first-order valence-corrected chi connectivity index (χ1v) is 10.8. The van der Waals surface area contributed by atoms with Crippen molar-refractivity contribution in [3.8, 4) is 17.0 Å². The Morgan fingerprint density at radius 2 is 1.74 bits per heavy atom. The third kappa shape index (κ3) is 5.49. The van der Waals surface area contributed by atoms with E-state index in [9.17, 15) is 4.79 Å². The SMILES string of the molecule is O=C(Oc1ccc(/C=N/Nc2nc(-c3ccc(Cl)cc3)cs2)cc1)c1ccccc1Cl. The third-order valence-electron chi connectivity index (χ3n) is 4.20. The van der Waals surface area contributed by atoms with E-state index in [2.05, 4.69) is 15.5 Å². The average Bonchev–Trinajstić information content (AvgIpc) is 3.24. The molecule has 5 nitrogen and oxygen atoms in total. The fraction of sp³-hybridized carbons (Fsp3) is 0. The summed E-state index contributed by atoms with van der Waals surface area (Å²) >= 11 is 13.4. The summed E-state index contributed by atoms with van der Waals surface area (Å²) in [5.74, 6) is -0.0866. The Bertz CT molecular complexity index is 1220. The van der Waals surface area contributed by atoms with Gasteiger partial charge in [-0.15, -0.1) is 11.3 Å². The molecule has 4 aromatic rings. The van der Waals surface area contributed by atoms with Crippen molar-refractivity contribution in [2.45, 2.75) is 0 Å². The highest BCUT2D eigenvalue weighted by molar-refractivity contribution is 7.14. The molecule has 0 aliphatic rings. The number of esters is 1. The normalized spacial score (nSPS) is 10.9. The van der Waals surface area contributed by atoms with Gasteiger partial charge >= 0.3 is 5.97 Å². The molecule has 3 aromatic carbocycles. The Kier molecular flexibility index (Phi) is 6.62. The van der Waals surface area contributed by atoms with E-state index in [-0.39, 0.29) is 0 Å². The van der Waals surface area contributed by atoms with Gasteiger partial charge in [-0.1, -0.05) is 47.5 Å². The van der Waals surface area contributed by atoms with Gasteiger partial charge in [-0.3, -0.25) is 5.43 Å². The Hall–Kier alpha value is -3.19. The lowest BCUT2D eigenvalue weighted by molar-refractivity contribution is 0.0735. The van der Waals surface area contributed by atoms with Gasteiger partial charge < -0.3 is 4.74 Å². The maximum atomic E-state index is 12.2. The summed E-state index contributed by atoms with van der Waals surface area (Å²) in [5, 5.41) is 7.87. The fourth-order valence-corrected chi connectivity index (χ4v) is 3.66. The zero-order valence-corrected chi connectivity index (χ0v) is 18.3. The molecular formula is C23H15Cl2N3O2S. The number of rotatable bonds is 6. The summed E-state index contributed by atoms with van der Waals surface area (Å²) in [4.78, 5) is 16.7. The van der Waals surface area contributed by atoms with Crippen molar-refractivity contribution in [3.05, 3.63) is 99.3 Å². The standard InChI is InChI=1S/C23H15Cl2N3O2S/c24-17-9-7-16(8-10-17)21-14-31-23(27-21)28-26-13-15-5-11-18(12-6-15)30-22(29)19-3-1-2-4-20(19)25/h1-14H,(H,27,28)/b26-13+. The maximum absolute atomic E-state index is 12.2. The number of hydrogen-bond donors (Lipinski definition) is 1. The number of benzene rings is 3. The van der Waals surface area contributed by atoms with Crippen molar-refractivity contribution in [1.29, 1.82) is 0 Å². The Morgan fingerprint density at radius 3 is 2.48 bits per heavy atom. The lowest BCUT2D eigenvalue weighted by Gasteiger charge is -2.05. The van der Waals surface area contributed by atoms with Gasteiger partial charge in [0.15, 0.2) is 0 Å². The van der Waals surface area contributed by atoms with Gasteiger partial charge in [0, 0.05) is 16.0 Å². The summed E-state index contributed by atoms with van der Waals surface area (Å²) in [5.41, 5.74) is 5.91. The smallest absolute Gasteiger partial charge is 0.345 e. The third-order valence-corrected chi connectivity index (χ3v) is 5.53. The molecule has 0 saturated heterocycles. The van der Waals surface area contributed by atoms with Crippen LogP contribution >= 0.6 is 34.5 Å². The van der Waals surface area contributed by atoms with E-state index in [4.69, 9.17) is 27.9 Å². The number of carbonyl (C=O) groups excluding carboxylic acids is 1. The fourth-order valence-electron chi connectivity index (χ4n) is 2.65. The van der Waals surface area contributed by atoms with Crippen molar-refractivity contribution in [1.82, 2.24) is 4.98 Å². The van der Waals surface area contributed by atoms with Crippen molar-refractivity contribution >= 4 is 51.9 Å². The topological polar surface area (TPSA) is 63.6 Å². The predicted molar refractivity (Wildman–Crippen MR) is 127 cm³/mol. The summed E-state index contributed by atoms with van der Waals surface area (Å²) in [7, 11) is 0. The minimum absolute atomic E-state index is 0.320. The largest absolute Gasteiger partial charge is 0.423 e. The van der Waals surface area contributed by atoms with E-state index in [0.29, 0.717) is 26.5 Å². The second-order valence-corrected chi connectivity index (χ2v) is 8.05. The first-order chi connectivity index (χ1) is 15.1. The van der Waals surface area contributed by atoms with Crippen LogP contribution in [0.3, 0.4) is 0 Å². The van der Waals surface area contributed by atoms with Crippen molar-refractivity contribution < 1.29 is 9.53 Å². The van der Waals surface area contributed by atoms with E-state index >= 15 is 0 Å². The zero-order chi connectivity index (χ0) is 21.6.